The molecule has 1 saturated heterocycles. The lowest BCUT2D eigenvalue weighted by atomic mass is 9.55. The van der Waals surface area contributed by atoms with E-state index < -0.39 is 30.7 Å². The van der Waals surface area contributed by atoms with Crippen molar-refractivity contribution in [2.24, 2.45) is 17.3 Å². The van der Waals surface area contributed by atoms with Crippen molar-refractivity contribution in [3.8, 4) is 5.75 Å². The molecular formula is C24H34O6. The molecule has 4 N–H and O–H groups in total. The number of hydrogen-bond donors (Lipinski definition) is 4. The molecule has 3 aliphatic carbocycles. The number of aryl methyl sites for hydroxylation is 1. The molecule has 1 heterocycles. The van der Waals surface area contributed by atoms with Crippen molar-refractivity contribution in [2.45, 2.75) is 95.1 Å². The van der Waals surface area contributed by atoms with E-state index in [1.165, 1.54) is 11.1 Å². The zero-order chi connectivity index (χ0) is 21.2. The molecule has 6 heteroatoms. The van der Waals surface area contributed by atoms with Gasteiger partial charge in [-0.3, -0.25) is 0 Å². The Bertz CT molecular complexity index is 798. The fraction of sp³-hybridized carbons (Fsp3) is 0.750. The molecule has 166 valence electrons. The SMILES string of the molecule is C[C@@H]1O[C@H](OC2CC[C@H]3[C@@H]4CCc5cc(O)ccc5[C@H]4CC[C@]23C)[C@H](O)[C@H](O)[C@H]1O. The van der Waals surface area contributed by atoms with E-state index in [1.54, 1.807) is 6.92 Å². The number of aromatic hydroxyl groups is 1. The van der Waals surface area contributed by atoms with Gasteiger partial charge >= 0.3 is 0 Å². The molecule has 1 unspecified atom stereocenters. The zero-order valence-electron chi connectivity index (χ0n) is 17.8. The van der Waals surface area contributed by atoms with Crippen LogP contribution in [0.1, 0.15) is 63.0 Å². The molecule has 10 atom stereocenters. The summed E-state index contributed by atoms with van der Waals surface area (Å²) in [6, 6.07) is 5.87. The second-order valence-electron chi connectivity index (χ2n) is 10.2. The molecule has 1 aliphatic heterocycles. The Kier molecular flexibility index (Phi) is 5.14. The second-order valence-corrected chi connectivity index (χ2v) is 10.2. The van der Waals surface area contributed by atoms with Crippen LogP contribution in [0, 0.1) is 17.3 Å². The van der Waals surface area contributed by atoms with Crippen LogP contribution in [-0.2, 0) is 15.9 Å². The standard InChI is InChI=1S/C24H34O6/c1-12-20(26)21(27)22(28)23(29-12)30-19-8-7-18-17-5-3-13-11-14(25)4-6-15(13)16(17)9-10-24(18,19)2/h4,6,11-12,16-23,25-28H,3,5,7-10H2,1-2H3/t12-,16+,17+,18-,19?,20-,21+,22+,23+,24-/m0/s1. The maximum atomic E-state index is 10.4. The van der Waals surface area contributed by atoms with Gasteiger partial charge in [-0.1, -0.05) is 13.0 Å². The van der Waals surface area contributed by atoms with Gasteiger partial charge in [-0.15, -0.1) is 0 Å². The van der Waals surface area contributed by atoms with Gasteiger partial charge in [0.15, 0.2) is 6.29 Å². The lowest BCUT2D eigenvalue weighted by Gasteiger charge is -2.51. The molecule has 0 radical (unpaired) electrons. The Balaban J connectivity index is 1.34. The second kappa shape index (κ2) is 7.45. The van der Waals surface area contributed by atoms with Gasteiger partial charge in [0.2, 0.25) is 0 Å². The summed E-state index contributed by atoms with van der Waals surface area (Å²) in [6.07, 6.45) is 1.18. The Morgan fingerprint density at radius 1 is 1.03 bits per heavy atom. The van der Waals surface area contributed by atoms with Crippen LogP contribution < -0.4 is 0 Å². The molecule has 3 fully saturated rings. The van der Waals surface area contributed by atoms with Crippen molar-refractivity contribution in [1.82, 2.24) is 0 Å². The maximum Gasteiger partial charge on any atom is 0.186 e. The molecule has 6 nitrogen and oxygen atoms in total. The Hall–Kier alpha value is -1.18. The number of phenolic OH excluding ortho intramolecular Hbond substituents is 1. The highest BCUT2D eigenvalue weighted by Crippen LogP contribution is 2.61. The summed E-state index contributed by atoms with van der Waals surface area (Å²) in [4.78, 5) is 0. The van der Waals surface area contributed by atoms with Crippen LogP contribution in [-0.4, -0.2) is 57.2 Å². The van der Waals surface area contributed by atoms with E-state index in [2.05, 4.69) is 13.0 Å². The smallest absolute Gasteiger partial charge is 0.186 e. The normalized spacial score (nSPS) is 48.0. The molecule has 0 spiro atoms. The van der Waals surface area contributed by atoms with Gasteiger partial charge in [0, 0.05) is 0 Å². The molecule has 4 aliphatic rings. The van der Waals surface area contributed by atoms with Crippen LogP contribution in [0.2, 0.25) is 0 Å². The quantitative estimate of drug-likeness (QED) is 0.589. The predicted molar refractivity (Wildman–Crippen MR) is 110 cm³/mol. The molecular weight excluding hydrogens is 384 g/mol. The molecule has 0 amide bonds. The fourth-order valence-electron chi connectivity index (χ4n) is 7.03. The summed E-state index contributed by atoms with van der Waals surface area (Å²) >= 11 is 0. The summed E-state index contributed by atoms with van der Waals surface area (Å²) < 4.78 is 12.0. The van der Waals surface area contributed by atoms with Crippen molar-refractivity contribution in [1.29, 1.82) is 0 Å². The minimum absolute atomic E-state index is 0.0168. The number of phenols is 1. The lowest BCUT2D eigenvalue weighted by Crippen LogP contribution is -2.58. The summed E-state index contributed by atoms with van der Waals surface area (Å²) in [5.74, 6) is 2.06. The van der Waals surface area contributed by atoms with Crippen molar-refractivity contribution in [3.05, 3.63) is 29.3 Å². The van der Waals surface area contributed by atoms with E-state index in [0.717, 1.165) is 38.5 Å². The Morgan fingerprint density at radius 2 is 1.83 bits per heavy atom. The first-order chi connectivity index (χ1) is 14.3. The molecule has 1 aromatic rings. The Morgan fingerprint density at radius 3 is 2.63 bits per heavy atom. The van der Waals surface area contributed by atoms with Gasteiger partial charge < -0.3 is 29.9 Å². The van der Waals surface area contributed by atoms with E-state index in [4.69, 9.17) is 9.47 Å². The predicted octanol–water partition coefficient (Wildman–Crippen LogP) is 2.46. The lowest BCUT2D eigenvalue weighted by molar-refractivity contribution is -0.312. The van der Waals surface area contributed by atoms with E-state index in [0.29, 0.717) is 23.5 Å². The topological polar surface area (TPSA) is 99.4 Å². The number of rotatable bonds is 2. The summed E-state index contributed by atoms with van der Waals surface area (Å²) in [7, 11) is 0. The monoisotopic (exact) mass is 418 g/mol. The highest BCUT2D eigenvalue weighted by atomic mass is 16.7. The van der Waals surface area contributed by atoms with Crippen LogP contribution >= 0.6 is 0 Å². The van der Waals surface area contributed by atoms with Crippen molar-refractivity contribution >= 4 is 0 Å². The molecule has 0 aromatic heterocycles. The maximum absolute atomic E-state index is 10.4. The third-order valence-electron chi connectivity index (χ3n) is 8.73. The van der Waals surface area contributed by atoms with Crippen molar-refractivity contribution in [2.75, 3.05) is 0 Å². The molecule has 0 bridgehead atoms. The van der Waals surface area contributed by atoms with Gasteiger partial charge in [0.05, 0.1) is 12.2 Å². The van der Waals surface area contributed by atoms with E-state index >= 15 is 0 Å². The number of aliphatic hydroxyl groups excluding tert-OH is 3. The number of fused-ring (bicyclic) bond motifs is 5. The van der Waals surface area contributed by atoms with Gasteiger partial charge in [0.25, 0.3) is 0 Å². The van der Waals surface area contributed by atoms with Crippen molar-refractivity contribution in [3.63, 3.8) is 0 Å². The minimum atomic E-state index is -1.26. The molecule has 5 rings (SSSR count). The van der Waals surface area contributed by atoms with Crippen LogP contribution in [0.4, 0.5) is 0 Å². The summed E-state index contributed by atoms with van der Waals surface area (Å²) in [5, 5.41) is 40.4. The number of aliphatic hydroxyl groups is 3. The first kappa shape index (κ1) is 20.7. The minimum Gasteiger partial charge on any atom is -0.508 e. The van der Waals surface area contributed by atoms with Gasteiger partial charge in [-0.2, -0.15) is 0 Å². The number of benzene rings is 1. The molecule has 2 saturated carbocycles. The van der Waals surface area contributed by atoms with Crippen molar-refractivity contribution < 1.29 is 29.9 Å². The highest BCUT2D eigenvalue weighted by molar-refractivity contribution is 5.40. The van der Waals surface area contributed by atoms with E-state index in [1.807, 2.05) is 12.1 Å². The van der Waals surface area contributed by atoms with Crippen LogP contribution in [0.3, 0.4) is 0 Å². The average Bonchev–Trinajstić information content (AvgIpc) is 3.06. The van der Waals surface area contributed by atoms with Crippen LogP contribution in [0.5, 0.6) is 5.75 Å². The zero-order valence-corrected chi connectivity index (χ0v) is 17.8. The number of ether oxygens (including phenoxy) is 2. The van der Waals surface area contributed by atoms with E-state index in [9.17, 15) is 20.4 Å². The molecule has 1 aromatic carbocycles. The first-order valence-corrected chi connectivity index (χ1v) is 11.5. The third-order valence-corrected chi connectivity index (χ3v) is 8.73. The summed E-state index contributed by atoms with van der Waals surface area (Å²) in [6.45, 7) is 4.01. The van der Waals surface area contributed by atoms with E-state index in [-0.39, 0.29) is 11.5 Å². The highest BCUT2D eigenvalue weighted by Gasteiger charge is 2.56. The van der Waals surface area contributed by atoms with Gasteiger partial charge in [-0.05, 0) is 91.9 Å². The van der Waals surface area contributed by atoms with Gasteiger partial charge in [-0.25, -0.2) is 0 Å². The molecule has 30 heavy (non-hydrogen) atoms. The first-order valence-electron chi connectivity index (χ1n) is 11.5. The van der Waals surface area contributed by atoms with Crippen LogP contribution in [0.15, 0.2) is 18.2 Å². The Labute approximate surface area is 177 Å². The fourth-order valence-corrected chi connectivity index (χ4v) is 7.03. The summed E-state index contributed by atoms with van der Waals surface area (Å²) in [5.41, 5.74) is 2.72. The van der Waals surface area contributed by atoms with Gasteiger partial charge in [0.1, 0.15) is 24.1 Å². The largest absolute Gasteiger partial charge is 0.508 e. The third kappa shape index (κ3) is 3.11. The van der Waals surface area contributed by atoms with Crippen LogP contribution in [0.25, 0.3) is 0 Å². The number of hydrogen-bond acceptors (Lipinski definition) is 6. The average molecular weight is 419 g/mol.